The van der Waals surface area contributed by atoms with Crippen LogP contribution in [0.15, 0.2) is 41.4 Å². The zero-order valence-corrected chi connectivity index (χ0v) is 11.7. The van der Waals surface area contributed by atoms with Crippen molar-refractivity contribution in [2.45, 2.75) is 25.9 Å². The SMILES string of the molecule is CC/C=C\C(=NCC(F)(F)F)Oc1ccc(CCO)cc1. The molecule has 0 amide bonds. The summed E-state index contributed by atoms with van der Waals surface area (Å²) >= 11 is 0. The van der Waals surface area contributed by atoms with Gasteiger partial charge in [-0.3, -0.25) is 0 Å². The smallest absolute Gasteiger partial charge is 0.408 e. The van der Waals surface area contributed by atoms with Gasteiger partial charge in [0, 0.05) is 6.61 Å². The molecule has 116 valence electrons. The Morgan fingerprint density at radius 2 is 1.95 bits per heavy atom. The monoisotopic (exact) mass is 301 g/mol. The predicted molar refractivity (Wildman–Crippen MR) is 75.6 cm³/mol. The lowest BCUT2D eigenvalue weighted by Gasteiger charge is -2.08. The van der Waals surface area contributed by atoms with Gasteiger partial charge in [-0.2, -0.15) is 13.2 Å². The largest absolute Gasteiger partial charge is 0.439 e. The average molecular weight is 301 g/mol. The first-order valence-electron chi connectivity index (χ1n) is 6.60. The maximum Gasteiger partial charge on any atom is 0.408 e. The van der Waals surface area contributed by atoms with Crippen molar-refractivity contribution >= 4 is 5.90 Å². The van der Waals surface area contributed by atoms with Gasteiger partial charge < -0.3 is 9.84 Å². The number of aliphatic hydroxyl groups excluding tert-OH is 1. The van der Waals surface area contributed by atoms with Crippen molar-refractivity contribution in [2.24, 2.45) is 4.99 Å². The number of alkyl halides is 3. The number of nitrogens with zero attached hydrogens (tertiary/aromatic N) is 1. The fourth-order valence-electron chi connectivity index (χ4n) is 1.48. The number of halogens is 3. The minimum atomic E-state index is -4.36. The molecule has 0 saturated heterocycles. The molecule has 0 saturated carbocycles. The van der Waals surface area contributed by atoms with Crippen LogP contribution in [-0.4, -0.2) is 30.3 Å². The van der Waals surface area contributed by atoms with Crippen molar-refractivity contribution in [1.29, 1.82) is 0 Å². The van der Waals surface area contributed by atoms with Crippen LogP contribution in [0.2, 0.25) is 0 Å². The minimum Gasteiger partial charge on any atom is -0.439 e. The van der Waals surface area contributed by atoms with E-state index in [0.29, 0.717) is 18.6 Å². The van der Waals surface area contributed by atoms with Gasteiger partial charge in [-0.15, -0.1) is 0 Å². The highest BCUT2D eigenvalue weighted by Gasteiger charge is 2.26. The molecular weight excluding hydrogens is 283 g/mol. The first-order chi connectivity index (χ1) is 9.94. The van der Waals surface area contributed by atoms with Crippen molar-refractivity contribution in [2.75, 3.05) is 13.2 Å². The molecule has 0 aliphatic carbocycles. The predicted octanol–water partition coefficient (Wildman–Crippen LogP) is 3.53. The molecule has 0 unspecified atom stereocenters. The van der Waals surface area contributed by atoms with Gasteiger partial charge in [0.05, 0.1) is 0 Å². The molecule has 0 aliphatic heterocycles. The maximum absolute atomic E-state index is 12.2. The second kappa shape index (κ2) is 8.46. The molecule has 0 aromatic heterocycles. The highest BCUT2D eigenvalue weighted by molar-refractivity contribution is 5.89. The lowest BCUT2D eigenvalue weighted by molar-refractivity contribution is -0.118. The molecular formula is C15H18F3NO2. The average Bonchev–Trinajstić information content (AvgIpc) is 2.43. The normalized spacial score (nSPS) is 12.9. The standard InChI is InChI=1S/C15H18F3NO2/c1-2-3-4-14(19-11-15(16,17)18)21-13-7-5-12(6-8-13)9-10-20/h3-8,20H,2,9-11H2,1H3/b4-3-,19-14?. The number of hydrogen-bond donors (Lipinski definition) is 1. The van der Waals surface area contributed by atoms with Crippen molar-refractivity contribution in [3.63, 3.8) is 0 Å². The van der Waals surface area contributed by atoms with Gasteiger partial charge in [0.1, 0.15) is 12.3 Å². The van der Waals surface area contributed by atoms with Crippen LogP contribution in [0.4, 0.5) is 13.2 Å². The highest BCUT2D eigenvalue weighted by atomic mass is 19.4. The fourth-order valence-corrected chi connectivity index (χ4v) is 1.48. The van der Waals surface area contributed by atoms with Crippen LogP contribution in [0.3, 0.4) is 0 Å². The van der Waals surface area contributed by atoms with Crippen molar-refractivity contribution in [1.82, 2.24) is 0 Å². The van der Waals surface area contributed by atoms with Gasteiger partial charge in [-0.1, -0.05) is 25.1 Å². The van der Waals surface area contributed by atoms with Crippen molar-refractivity contribution in [3.05, 3.63) is 42.0 Å². The van der Waals surface area contributed by atoms with Gasteiger partial charge in [-0.25, -0.2) is 4.99 Å². The third-order valence-electron chi connectivity index (χ3n) is 2.46. The number of ether oxygens (including phenoxy) is 1. The number of aliphatic hydroxyl groups is 1. The molecule has 0 radical (unpaired) electrons. The van der Waals surface area contributed by atoms with Crippen LogP contribution < -0.4 is 4.74 Å². The second-order valence-corrected chi connectivity index (χ2v) is 4.30. The Bertz CT molecular complexity index is 479. The first kappa shape index (κ1) is 17.2. The molecule has 0 aliphatic rings. The Morgan fingerprint density at radius 1 is 1.29 bits per heavy atom. The summed E-state index contributed by atoms with van der Waals surface area (Å²) in [6, 6.07) is 6.76. The van der Waals surface area contributed by atoms with Crippen molar-refractivity contribution in [3.8, 4) is 5.75 Å². The van der Waals surface area contributed by atoms with Gasteiger partial charge >= 0.3 is 6.18 Å². The molecule has 0 fully saturated rings. The van der Waals surface area contributed by atoms with E-state index in [1.165, 1.54) is 6.08 Å². The minimum absolute atomic E-state index is 0.0394. The highest BCUT2D eigenvalue weighted by Crippen LogP contribution is 2.16. The van der Waals surface area contributed by atoms with E-state index in [1.54, 1.807) is 30.3 Å². The molecule has 0 bridgehead atoms. The summed E-state index contributed by atoms with van der Waals surface area (Å²) in [7, 11) is 0. The second-order valence-electron chi connectivity index (χ2n) is 4.30. The quantitative estimate of drug-likeness (QED) is 0.645. The van der Waals surface area contributed by atoms with Gasteiger partial charge in [0.25, 0.3) is 0 Å². The van der Waals surface area contributed by atoms with E-state index in [1.807, 2.05) is 6.92 Å². The van der Waals surface area contributed by atoms with E-state index in [0.717, 1.165) is 5.56 Å². The zero-order valence-electron chi connectivity index (χ0n) is 11.7. The van der Waals surface area contributed by atoms with E-state index in [-0.39, 0.29) is 12.5 Å². The van der Waals surface area contributed by atoms with Gasteiger partial charge in [-0.05, 0) is 36.6 Å². The Balaban J connectivity index is 2.78. The summed E-state index contributed by atoms with van der Waals surface area (Å²) in [4.78, 5) is 3.43. The molecule has 3 nitrogen and oxygen atoms in total. The molecule has 1 N–H and O–H groups in total. The Hall–Kier alpha value is -1.82. The molecule has 6 heteroatoms. The first-order valence-corrected chi connectivity index (χ1v) is 6.60. The molecule has 21 heavy (non-hydrogen) atoms. The third kappa shape index (κ3) is 7.51. The van der Waals surface area contributed by atoms with Gasteiger partial charge in [0.2, 0.25) is 5.90 Å². The molecule has 0 spiro atoms. The van der Waals surface area contributed by atoms with E-state index >= 15 is 0 Å². The van der Waals surface area contributed by atoms with E-state index in [4.69, 9.17) is 9.84 Å². The summed E-state index contributed by atoms with van der Waals surface area (Å²) in [6.45, 7) is 0.623. The van der Waals surface area contributed by atoms with Crippen LogP contribution in [0.1, 0.15) is 18.9 Å². The summed E-state index contributed by atoms with van der Waals surface area (Å²) in [5.41, 5.74) is 0.919. The number of benzene rings is 1. The Kier molecular flexibility index (Phi) is 6.94. The van der Waals surface area contributed by atoms with E-state index in [2.05, 4.69) is 4.99 Å². The maximum atomic E-state index is 12.2. The molecule has 0 heterocycles. The van der Waals surface area contributed by atoms with Crippen molar-refractivity contribution < 1.29 is 23.0 Å². The molecule has 1 rings (SSSR count). The van der Waals surface area contributed by atoms with Crippen LogP contribution in [-0.2, 0) is 6.42 Å². The Morgan fingerprint density at radius 3 is 2.48 bits per heavy atom. The molecule has 0 atom stereocenters. The Labute approximate surface area is 121 Å². The lowest BCUT2D eigenvalue weighted by Crippen LogP contribution is -2.15. The fraction of sp³-hybridized carbons (Fsp3) is 0.400. The molecule has 1 aromatic carbocycles. The summed E-state index contributed by atoms with van der Waals surface area (Å²) in [6.07, 6.45) is -0.0722. The number of rotatable bonds is 6. The van der Waals surface area contributed by atoms with Crippen LogP contribution in [0.25, 0.3) is 0 Å². The van der Waals surface area contributed by atoms with E-state index in [9.17, 15) is 13.2 Å². The molecule has 1 aromatic rings. The summed E-state index contributed by atoms with van der Waals surface area (Å²) in [5, 5.41) is 8.81. The summed E-state index contributed by atoms with van der Waals surface area (Å²) in [5.74, 6) is 0.322. The van der Waals surface area contributed by atoms with Gasteiger partial charge in [0.15, 0.2) is 0 Å². The number of aliphatic imine (C=N–C) groups is 1. The summed E-state index contributed by atoms with van der Waals surface area (Å²) < 4.78 is 42.0. The van der Waals surface area contributed by atoms with Crippen LogP contribution in [0.5, 0.6) is 5.75 Å². The lowest BCUT2D eigenvalue weighted by atomic mass is 10.1. The third-order valence-corrected chi connectivity index (χ3v) is 2.46. The van der Waals surface area contributed by atoms with E-state index < -0.39 is 12.7 Å². The van der Waals surface area contributed by atoms with Crippen LogP contribution >= 0.6 is 0 Å². The topological polar surface area (TPSA) is 41.8 Å². The number of allylic oxidation sites excluding steroid dienone is 1. The zero-order chi connectivity index (χ0) is 15.7. The number of hydrogen-bond acceptors (Lipinski definition) is 3. The van der Waals surface area contributed by atoms with Crippen LogP contribution in [0, 0.1) is 0 Å².